The number of ether oxygens (including phenoxy) is 2. The van der Waals surface area contributed by atoms with Crippen molar-refractivity contribution in [1.82, 2.24) is 10.1 Å². The number of halogens is 1. The highest BCUT2D eigenvalue weighted by atomic mass is 79.9. The van der Waals surface area contributed by atoms with E-state index < -0.39 is 10.0 Å². The Morgan fingerprint density at radius 2 is 1.79 bits per heavy atom. The number of methoxy groups -OCH3 is 2. The van der Waals surface area contributed by atoms with Gasteiger partial charge in [0.25, 0.3) is 0 Å². The van der Waals surface area contributed by atoms with Crippen LogP contribution in [0.2, 0.25) is 0 Å². The van der Waals surface area contributed by atoms with E-state index in [2.05, 4.69) is 31.2 Å². The minimum atomic E-state index is -3.67. The van der Waals surface area contributed by atoms with Gasteiger partial charge in [-0.1, -0.05) is 22.0 Å². The summed E-state index contributed by atoms with van der Waals surface area (Å²) in [6.07, 6.45) is 1.43. The van der Waals surface area contributed by atoms with Crippen molar-refractivity contribution in [3.63, 3.8) is 0 Å². The lowest BCUT2D eigenvalue weighted by Crippen LogP contribution is -2.22. The van der Waals surface area contributed by atoms with Gasteiger partial charge >= 0.3 is 0 Å². The minimum absolute atomic E-state index is 0.0299. The second-order valence-corrected chi connectivity index (χ2v) is 9.42. The summed E-state index contributed by atoms with van der Waals surface area (Å²) in [6.45, 7) is -0.0299. The number of hydrogen-bond donors (Lipinski definition) is 2. The first-order valence-electron chi connectivity index (χ1n) is 9.67. The van der Waals surface area contributed by atoms with Crippen molar-refractivity contribution in [2.45, 2.75) is 17.9 Å². The smallest absolute Gasteiger partial charge is 0.244 e. The molecule has 1 heterocycles. The molecule has 2 aromatic carbocycles. The maximum atomic E-state index is 12.3. The van der Waals surface area contributed by atoms with Crippen molar-refractivity contribution in [1.29, 1.82) is 0 Å². The second-order valence-electron chi connectivity index (χ2n) is 6.74. The summed E-state index contributed by atoms with van der Waals surface area (Å²) in [4.78, 5) is 12.3. The maximum absolute atomic E-state index is 12.3. The number of hydrogen-bond acceptors (Lipinski definition) is 7. The lowest BCUT2D eigenvalue weighted by atomic mass is 10.1. The van der Waals surface area contributed by atoms with E-state index in [4.69, 9.17) is 13.9 Å². The van der Waals surface area contributed by atoms with Crippen LogP contribution in [0, 0.1) is 0 Å². The van der Waals surface area contributed by atoms with Crippen molar-refractivity contribution >= 4 is 38.1 Å². The number of carbonyl (C=O) groups excluding carboxylic acids is 1. The highest BCUT2D eigenvalue weighted by molar-refractivity contribution is 9.10. The van der Waals surface area contributed by atoms with Crippen molar-refractivity contribution < 1.29 is 27.1 Å². The van der Waals surface area contributed by atoms with E-state index in [9.17, 15) is 13.2 Å². The molecule has 0 aliphatic rings. The molecule has 1 aromatic heterocycles. The van der Waals surface area contributed by atoms with Gasteiger partial charge in [0.15, 0.2) is 11.5 Å². The standard InChI is InChI=1S/C22H22BrN3O6S/c1-30-20-10-3-15(11-21(20)31-2)12-22(27)26-24-13-17-6-7-18(32-17)14-25-33(28,29)19-8-4-16(23)5-9-19/h3-11,13,25H,12,14H2,1-2H3,(H,26,27)/b24-13-. The molecule has 0 atom stereocenters. The summed E-state index contributed by atoms with van der Waals surface area (Å²) in [6, 6.07) is 14.7. The van der Waals surface area contributed by atoms with Gasteiger partial charge in [-0.25, -0.2) is 18.6 Å². The monoisotopic (exact) mass is 535 g/mol. The highest BCUT2D eigenvalue weighted by Gasteiger charge is 2.14. The van der Waals surface area contributed by atoms with Crippen LogP contribution in [0.4, 0.5) is 0 Å². The first-order chi connectivity index (χ1) is 15.8. The van der Waals surface area contributed by atoms with Crippen molar-refractivity contribution in [3.05, 3.63) is 76.2 Å². The van der Waals surface area contributed by atoms with E-state index in [0.717, 1.165) is 10.0 Å². The molecule has 9 nitrogen and oxygen atoms in total. The summed E-state index contributed by atoms with van der Waals surface area (Å²) < 4.78 is 43.9. The highest BCUT2D eigenvalue weighted by Crippen LogP contribution is 2.27. The molecule has 0 radical (unpaired) electrons. The zero-order chi connectivity index (χ0) is 23.8. The largest absolute Gasteiger partial charge is 0.493 e. The van der Waals surface area contributed by atoms with Gasteiger partial charge in [-0.05, 0) is 54.1 Å². The van der Waals surface area contributed by atoms with E-state index in [0.29, 0.717) is 23.0 Å². The fourth-order valence-electron chi connectivity index (χ4n) is 2.81. The molecule has 0 fully saturated rings. The number of carbonyl (C=O) groups is 1. The Morgan fingerprint density at radius 1 is 1.06 bits per heavy atom. The number of nitrogens with zero attached hydrogens (tertiary/aromatic N) is 1. The van der Waals surface area contributed by atoms with E-state index >= 15 is 0 Å². The van der Waals surface area contributed by atoms with Gasteiger partial charge in [0, 0.05) is 4.47 Å². The number of furan rings is 1. The molecule has 1 amide bonds. The lowest BCUT2D eigenvalue weighted by Gasteiger charge is -2.09. The molecule has 3 rings (SSSR count). The lowest BCUT2D eigenvalue weighted by molar-refractivity contribution is -0.120. The summed E-state index contributed by atoms with van der Waals surface area (Å²) >= 11 is 3.27. The predicted octanol–water partition coefficient (Wildman–Crippen LogP) is 3.23. The molecule has 0 bridgehead atoms. The minimum Gasteiger partial charge on any atom is -0.493 e. The Labute approximate surface area is 200 Å². The topological polar surface area (TPSA) is 119 Å². The van der Waals surface area contributed by atoms with E-state index in [1.54, 1.807) is 42.5 Å². The van der Waals surface area contributed by atoms with Gasteiger partial charge in [-0.15, -0.1) is 0 Å². The summed E-state index contributed by atoms with van der Waals surface area (Å²) in [5, 5.41) is 3.87. The molecular weight excluding hydrogens is 514 g/mol. The van der Waals surface area contributed by atoms with Crippen LogP contribution in [0.1, 0.15) is 17.1 Å². The molecule has 174 valence electrons. The summed E-state index contributed by atoms with van der Waals surface area (Å²) in [7, 11) is -0.610. The van der Waals surface area contributed by atoms with Gasteiger partial charge in [-0.3, -0.25) is 4.79 Å². The number of hydrazone groups is 1. The molecule has 0 aliphatic heterocycles. The van der Waals surface area contributed by atoms with E-state index in [1.165, 1.54) is 32.6 Å². The van der Waals surface area contributed by atoms with Gasteiger partial charge < -0.3 is 13.9 Å². The Bertz CT molecular complexity index is 1240. The molecule has 3 aromatic rings. The Morgan fingerprint density at radius 3 is 2.48 bits per heavy atom. The van der Waals surface area contributed by atoms with Gasteiger partial charge in [0.2, 0.25) is 15.9 Å². The molecule has 0 saturated carbocycles. The maximum Gasteiger partial charge on any atom is 0.244 e. The van der Waals surface area contributed by atoms with E-state index in [1.807, 2.05) is 0 Å². The summed E-state index contributed by atoms with van der Waals surface area (Å²) in [5.41, 5.74) is 3.16. The average Bonchev–Trinajstić information content (AvgIpc) is 3.26. The first-order valence-corrected chi connectivity index (χ1v) is 11.9. The van der Waals surface area contributed by atoms with Crippen molar-refractivity contribution in [2.75, 3.05) is 14.2 Å². The van der Waals surface area contributed by atoms with Crippen molar-refractivity contribution in [3.8, 4) is 11.5 Å². The van der Waals surface area contributed by atoms with Crippen LogP contribution >= 0.6 is 15.9 Å². The number of nitrogens with one attached hydrogen (secondary N) is 2. The van der Waals surface area contributed by atoms with Crippen LogP contribution in [0.25, 0.3) is 0 Å². The quantitative estimate of drug-likeness (QED) is 0.304. The van der Waals surface area contributed by atoms with Crippen molar-refractivity contribution in [2.24, 2.45) is 5.10 Å². The Kier molecular flexibility index (Phi) is 8.26. The normalized spacial score (nSPS) is 11.5. The van der Waals surface area contributed by atoms with Gasteiger partial charge in [0.05, 0.1) is 38.3 Å². The van der Waals surface area contributed by atoms with E-state index in [-0.39, 0.29) is 23.8 Å². The van der Waals surface area contributed by atoms with Crippen LogP contribution in [0.3, 0.4) is 0 Å². The zero-order valence-corrected chi connectivity index (χ0v) is 20.3. The summed E-state index contributed by atoms with van der Waals surface area (Å²) in [5.74, 6) is 1.54. The third-order valence-electron chi connectivity index (χ3n) is 4.44. The molecule has 2 N–H and O–H groups in total. The van der Waals surface area contributed by atoms with Crippen LogP contribution < -0.4 is 19.6 Å². The molecule has 0 unspecified atom stereocenters. The molecule has 11 heteroatoms. The predicted molar refractivity (Wildman–Crippen MR) is 126 cm³/mol. The third-order valence-corrected chi connectivity index (χ3v) is 6.38. The third kappa shape index (κ3) is 6.91. The SMILES string of the molecule is COc1ccc(CC(=O)N/N=C\c2ccc(CNS(=O)(=O)c3ccc(Br)cc3)o2)cc1OC. The number of sulfonamides is 1. The fourth-order valence-corrected chi connectivity index (χ4v) is 4.06. The number of rotatable bonds is 10. The van der Waals surface area contributed by atoms with Crippen LogP contribution in [-0.2, 0) is 27.8 Å². The zero-order valence-electron chi connectivity index (χ0n) is 17.9. The molecule has 0 aliphatic carbocycles. The molecule has 33 heavy (non-hydrogen) atoms. The van der Waals surface area contributed by atoms with Gasteiger partial charge in [-0.2, -0.15) is 5.10 Å². The number of benzene rings is 2. The molecule has 0 saturated heterocycles. The number of amides is 1. The average molecular weight is 536 g/mol. The Balaban J connectivity index is 1.51. The van der Waals surface area contributed by atoms with Crippen LogP contribution in [-0.4, -0.2) is 34.8 Å². The van der Waals surface area contributed by atoms with Crippen LogP contribution in [0.15, 0.2) is 73.5 Å². The fraction of sp³-hybridized carbons (Fsp3) is 0.182. The van der Waals surface area contributed by atoms with Gasteiger partial charge in [0.1, 0.15) is 11.5 Å². The van der Waals surface area contributed by atoms with Crippen LogP contribution in [0.5, 0.6) is 11.5 Å². The Hall–Kier alpha value is -3.15. The first kappa shape index (κ1) is 24.5. The molecule has 0 spiro atoms. The molecular formula is C22H22BrN3O6S. The second kappa shape index (κ2) is 11.1.